The molecule has 0 saturated carbocycles. The average Bonchev–Trinajstić information content (AvgIpc) is 2.66. The number of hydrogen-bond donors (Lipinski definition) is 3. The molecule has 1 aromatic heterocycles. The topological polar surface area (TPSA) is 70.1 Å². The van der Waals surface area contributed by atoms with Crippen LogP contribution in [0.1, 0.15) is 12.5 Å². The van der Waals surface area contributed by atoms with Crippen LogP contribution >= 0.6 is 0 Å². The maximum Gasteiger partial charge on any atom is 0.225 e. The van der Waals surface area contributed by atoms with Gasteiger partial charge in [0, 0.05) is 28.9 Å². The number of hydrogen-bond acceptors (Lipinski definition) is 5. The predicted octanol–water partition coefficient (Wildman–Crippen LogP) is 4.13. The summed E-state index contributed by atoms with van der Waals surface area (Å²) in [4.78, 5) is 8.97. The normalized spacial score (nSPS) is 11.8. The number of aromatic nitrogens is 2. The van der Waals surface area contributed by atoms with Gasteiger partial charge in [0.1, 0.15) is 11.6 Å². The van der Waals surface area contributed by atoms with Crippen molar-refractivity contribution in [1.82, 2.24) is 9.97 Å². The van der Waals surface area contributed by atoms with Crippen LogP contribution < -0.4 is 10.6 Å². The molecule has 3 aromatic rings. The Morgan fingerprint density at radius 2 is 1.85 bits per heavy atom. The number of benzene rings is 2. The lowest BCUT2D eigenvalue weighted by molar-refractivity contribution is 0.281. The van der Waals surface area contributed by atoms with E-state index in [-0.39, 0.29) is 18.5 Å². The summed E-state index contributed by atoms with van der Waals surface area (Å²) < 4.78 is 13.8. The Morgan fingerprint density at radius 1 is 1.08 bits per heavy atom. The van der Waals surface area contributed by atoms with Gasteiger partial charge in [-0.2, -0.15) is 4.98 Å². The summed E-state index contributed by atoms with van der Waals surface area (Å²) in [7, 11) is 0. The number of aliphatic hydroxyl groups excluding tert-OH is 1. The van der Waals surface area contributed by atoms with E-state index in [0.29, 0.717) is 23.0 Å². The van der Waals surface area contributed by atoms with Gasteiger partial charge in [0.15, 0.2) is 0 Å². The molecular formula is C20H21FN4O. The van der Waals surface area contributed by atoms with Crippen LogP contribution in [0.2, 0.25) is 0 Å². The van der Waals surface area contributed by atoms with Crippen molar-refractivity contribution in [2.45, 2.75) is 19.9 Å². The largest absolute Gasteiger partial charge is 0.394 e. The molecule has 0 amide bonds. The maximum absolute atomic E-state index is 13.8. The maximum atomic E-state index is 13.8. The van der Waals surface area contributed by atoms with Gasteiger partial charge in [-0.05, 0) is 26.0 Å². The van der Waals surface area contributed by atoms with E-state index in [0.717, 1.165) is 11.3 Å². The van der Waals surface area contributed by atoms with Crippen LogP contribution in [-0.4, -0.2) is 27.7 Å². The van der Waals surface area contributed by atoms with Crippen LogP contribution in [0.3, 0.4) is 0 Å². The Labute approximate surface area is 152 Å². The Morgan fingerprint density at radius 3 is 2.58 bits per heavy atom. The van der Waals surface area contributed by atoms with Gasteiger partial charge in [0.25, 0.3) is 0 Å². The van der Waals surface area contributed by atoms with Gasteiger partial charge < -0.3 is 15.7 Å². The molecule has 26 heavy (non-hydrogen) atoms. The zero-order chi connectivity index (χ0) is 18.5. The predicted molar refractivity (Wildman–Crippen MR) is 102 cm³/mol. The molecule has 5 nitrogen and oxygen atoms in total. The molecule has 0 fully saturated rings. The van der Waals surface area contributed by atoms with E-state index in [2.05, 4.69) is 20.6 Å². The highest BCUT2D eigenvalue weighted by Gasteiger charge is 2.11. The minimum Gasteiger partial charge on any atom is -0.394 e. The second kappa shape index (κ2) is 7.93. The number of halogens is 1. The fraction of sp³-hybridized carbons (Fsp3) is 0.200. The van der Waals surface area contributed by atoms with Gasteiger partial charge in [-0.25, -0.2) is 9.37 Å². The van der Waals surface area contributed by atoms with Crippen LogP contribution in [0.15, 0.2) is 54.6 Å². The number of nitrogens with zero attached hydrogens (tertiary/aromatic N) is 2. The van der Waals surface area contributed by atoms with E-state index in [1.807, 2.05) is 43.3 Å². The van der Waals surface area contributed by atoms with Crippen molar-refractivity contribution in [2.75, 3.05) is 17.2 Å². The molecule has 1 heterocycles. The molecule has 0 aliphatic carbocycles. The van der Waals surface area contributed by atoms with Crippen molar-refractivity contribution in [2.24, 2.45) is 0 Å². The molecule has 3 rings (SSSR count). The fourth-order valence-electron chi connectivity index (χ4n) is 2.48. The molecule has 0 saturated heterocycles. The first-order valence-electron chi connectivity index (χ1n) is 8.41. The van der Waals surface area contributed by atoms with Gasteiger partial charge in [0.2, 0.25) is 5.95 Å². The highest BCUT2D eigenvalue weighted by Crippen LogP contribution is 2.26. The van der Waals surface area contributed by atoms with Crippen molar-refractivity contribution in [1.29, 1.82) is 0 Å². The van der Waals surface area contributed by atoms with Crippen molar-refractivity contribution >= 4 is 17.5 Å². The van der Waals surface area contributed by atoms with E-state index < -0.39 is 0 Å². The molecule has 0 unspecified atom stereocenters. The van der Waals surface area contributed by atoms with E-state index in [1.54, 1.807) is 19.1 Å². The zero-order valence-electron chi connectivity index (χ0n) is 14.7. The first-order valence-corrected chi connectivity index (χ1v) is 8.41. The van der Waals surface area contributed by atoms with Crippen LogP contribution in [-0.2, 0) is 0 Å². The van der Waals surface area contributed by atoms with Gasteiger partial charge in [-0.15, -0.1) is 0 Å². The third kappa shape index (κ3) is 4.15. The Kier molecular flexibility index (Phi) is 5.43. The highest BCUT2D eigenvalue weighted by atomic mass is 19.1. The Hall–Kier alpha value is -2.99. The second-order valence-electron chi connectivity index (χ2n) is 6.09. The first-order chi connectivity index (χ1) is 12.6. The summed E-state index contributed by atoms with van der Waals surface area (Å²) in [6.45, 7) is 3.51. The molecule has 6 heteroatoms. The second-order valence-corrected chi connectivity index (χ2v) is 6.09. The minimum absolute atomic E-state index is 0.0370. The third-order valence-electron chi connectivity index (χ3n) is 3.98. The summed E-state index contributed by atoms with van der Waals surface area (Å²) in [6, 6.07) is 16.2. The smallest absolute Gasteiger partial charge is 0.225 e. The van der Waals surface area contributed by atoms with Gasteiger partial charge in [-0.1, -0.05) is 36.4 Å². The summed E-state index contributed by atoms with van der Waals surface area (Å²) in [5, 5.41) is 15.5. The lowest BCUT2D eigenvalue weighted by Gasteiger charge is -2.15. The molecule has 134 valence electrons. The number of aliphatic hydroxyl groups is 1. The van der Waals surface area contributed by atoms with E-state index >= 15 is 0 Å². The Balaban J connectivity index is 2.00. The number of nitrogens with one attached hydrogen (secondary N) is 2. The highest BCUT2D eigenvalue weighted by molar-refractivity contribution is 5.68. The van der Waals surface area contributed by atoms with Gasteiger partial charge in [0.05, 0.1) is 12.3 Å². The summed E-state index contributed by atoms with van der Waals surface area (Å²) in [5.41, 5.74) is 2.83. The lowest BCUT2D eigenvalue weighted by atomic mass is 10.1. The molecule has 0 spiro atoms. The fourth-order valence-corrected chi connectivity index (χ4v) is 2.48. The lowest BCUT2D eigenvalue weighted by Crippen LogP contribution is -2.21. The van der Waals surface area contributed by atoms with Crippen LogP contribution in [0.4, 0.5) is 21.8 Å². The summed E-state index contributed by atoms with van der Waals surface area (Å²) in [5.74, 6) is 0.657. The summed E-state index contributed by atoms with van der Waals surface area (Å²) >= 11 is 0. The molecule has 0 aliphatic rings. The molecule has 0 bridgehead atoms. The first kappa shape index (κ1) is 17.8. The van der Waals surface area contributed by atoms with E-state index in [1.165, 1.54) is 6.07 Å². The van der Waals surface area contributed by atoms with Crippen LogP contribution in [0.5, 0.6) is 0 Å². The molecule has 2 aromatic carbocycles. The molecule has 0 radical (unpaired) electrons. The number of rotatable bonds is 6. The van der Waals surface area contributed by atoms with Crippen molar-refractivity contribution in [3.63, 3.8) is 0 Å². The van der Waals surface area contributed by atoms with Crippen molar-refractivity contribution in [3.05, 3.63) is 66.0 Å². The molecular weight excluding hydrogens is 331 g/mol. The monoisotopic (exact) mass is 352 g/mol. The van der Waals surface area contributed by atoms with Crippen molar-refractivity contribution in [3.8, 4) is 11.3 Å². The summed E-state index contributed by atoms with van der Waals surface area (Å²) in [6.07, 6.45) is 0. The molecule has 3 N–H and O–H groups in total. The zero-order valence-corrected chi connectivity index (χ0v) is 14.7. The molecule has 1 atom stereocenters. The van der Waals surface area contributed by atoms with Crippen LogP contribution in [0.25, 0.3) is 11.3 Å². The van der Waals surface area contributed by atoms with E-state index in [4.69, 9.17) is 0 Å². The minimum atomic E-state index is -0.278. The van der Waals surface area contributed by atoms with Crippen LogP contribution in [0, 0.1) is 12.7 Å². The third-order valence-corrected chi connectivity index (χ3v) is 3.98. The average molecular weight is 352 g/mol. The quantitative estimate of drug-likeness (QED) is 0.622. The Bertz CT molecular complexity index is 886. The SMILES string of the molecule is Cc1c(F)cccc1Nc1cc(-c2ccccc2)nc(N[C@@H](C)CO)n1. The standard InChI is InChI=1S/C20H21FN4O/c1-13(12-26)22-20-24-18(15-7-4-3-5-8-15)11-19(25-20)23-17-10-6-9-16(21)14(17)2/h3-11,13,26H,12H2,1-2H3,(H2,22,23,24,25)/t13-/m0/s1. The van der Waals surface area contributed by atoms with Gasteiger partial charge in [-0.3, -0.25) is 0 Å². The van der Waals surface area contributed by atoms with Gasteiger partial charge >= 0.3 is 0 Å². The van der Waals surface area contributed by atoms with E-state index in [9.17, 15) is 9.50 Å². The number of anilines is 3. The van der Waals surface area contributed by atoms with Crippen molar-refractivity contribution < 1.29 is 9.50 Å². The molecule has 0 aliphatic heterocycles.